The van der Waals surface area contributed by atoms with Crippen molar-refractivity contribution < 1.29 is 19.1 Å². The zero-order valence-electron chi connectivity index (χ0n) is 14.4. The molecule has 2 heterocycles. The van der Waals surface area contributed by atoms with Crippen molar-refractivity contribution in [2.75, 3.05) is 32.8 Å². The maximum atomic E-state index is 12.6. The van der Waals surface area contributed by atoms with Gasteiger partial charge in [0.15, 0.2) is 5.78 Å². The van der Waals surface area contributed by atoms with Gasteiger partial charge in [0.1, 0.15) is 6.10 Å². The average molecular weight is 331 g/mol. The van der Waals surface area contributed by atoms with Crippen LogP contribution in [0.5, 0.6) is 0 Å². The van der Waals surface area contributed by atoms with Crippen LogP contribution in [0.3, 0.4) is 0 Å². The Morgan fingerprint density at radius 1 is 1.29 bits per heavy atom. The van der Waals surface area contributed by atoms with Crippen LogP contribution in [0.25, 0.3) is 0 Å². The van der Waals surface area contributed by atoms with Crippen LogP contribution in [0, 0.1) is 17.3 Å². The third-order valence-corrected chi connectivity index (χ3v) is 6.28. The molecule has 0 spiro atoms. The number of carbonyl (C=O) groups is 2. The van der Waals surface area contributed by atoms with Crippen molar-refractivity contribution in [3.8, 4) is 0 Å². The number of allylic oxidation sites excluding steroid dienone is 3. The van der Waals surface area contributed by atoms with Crippen LogP contribution in [0.4, 0.5) is 0 Å². The lowest BCUT2D eigenvalue weighted by Gasteiger charge is -2.43. The minimum Gasteiger partial charge on any atom is -0.457 e. The molecule has 130 valence electrons. The third kappa shape index (κ3) is 2.45. The zero-order chi connectivity index (χ0) is 16.9. The normalized spacial score (nSPS) is 39.7. The molecule has 2 aliphatic carbocycles. The van der Waals surface area contributed by atoms with Gasteiger partial charge >= 0.3 is 5.97 Å². The highest BCUT2D eigenvalue weighted by molar-refractivity contribution is 6.05. The lowest BCUT2D eigenvalue weighted by molar-refractivity contribution is -0.144. The van der Waals surface area contributed by atoms with E-state index in [0.29, 0.717) is 0 Å². The van der Waals surface area contributed by atoms with E-state index >= 15 is 0 Å². The fourth-order valence-electron chi connectivity index (χ4n) is 4.84. The monoisotopic (exact) mass is 331 g/mol. The maximum absolute atomic E-state index is 12.6. The second-order valence-electron chi connectivity index (χ2n) is 7.73. The largest absolute Gasteiger partial charge is 0.457 e. The van der Waals surface area contributed by atoms with Crippen LogP contribution in [-0.4, -0.2) is 55.6 Å². The van der Waals surface area contributed by atoms with Crippen LogP contribution in [0.15, 0.2) is 23.3 Å². The highest BCUT2D eigenvalue weighted by Crippen LogP contribution is 2.53. The highest BCUT2D eigenvalue weighted by Gasteiger charge is 2.54. The minimum absolute atomic E-state index is 0.0517. The molecule has 0 aromatic heterocycles. The number of nitrogens with zero attached hydrogens (tertiary/aromatic N) is 1. The molecule has 1 unspecified atom stereocenters. The summed E-state index contributed by atoms with van der Waals surface area (Å²) in [7, 11) is 0. The van der Waals surface area contributed by atoms with Crippen molar-refractivity contribution in [3.63, 3.8) is 0 Å². The molecule has 2 aliphatic heterocycles. The number of hydrogen-bond donors (Lipinski definition) is 0. The summed E-state index contributed by atoms with van der Waals surface area (Å²) in [6, 6.07) is 0. The SMILES string of the molecule is CC1=C2[C@H]3OC(=O)C(CN4CCOCC4)[C@@H]3CC[C@@]2(C)C=CC1=O. The smallest absolute Gasteiger partial charge is 0.311 e. The Hall–Kier alpha value is -1.46. The molecule has 3 fully saturated rings. The Balaban J connectivity index is 1.60. The summed E-state index contributed by atoms with van der Waals surface area (Å²) < 4.78 is 11.2. The summed E-state index contributed by atoms with van der Waals surface area (Å²) in [5.41, 5.74) is 1.67. The summed E-state index contributed by atoms with van der Waals surface area (Å²) in [4.78, 5) is 27.0. The van der Waals surface area contributed by atoms with E-state index in [4.69, 9.17) is 9.47 Å². The van der Waals surface area contributed by atoms with Gasteiger partial charge in [0.05, 0.1) is 19.1 Å². The predicted molar refractivity (Wildman–Crippen MR) is 88.3 cm³/mol. The first-order valence-electron chi connectivity index (χ1n) is 8.95. The number of hydrogen-bond acceptors (Lipinski definition) is 5. The summed E-state index contributed by atoms with van der Waals surface area (Å²) in [5, 5.41) is 0. The molecule has 5 heteroatoms. The van der Waals surface area contributed by atoms with Crippen molar-refractivity contribution in [3.05, 3.63) is 23.3 Å². The first-order valence-corrected chi connectivity index (χ1v) is 8.95. The van der Waals surface area contributed by atoms with Crippen LogP contribution in [0.1, 0.15) is 26.7 Å². The molecule has 0 radical (unpaired) electrons. The van der Waals surface area contributed by atoms with E-state index < -0.39 is 0 Å². The molecule has 4 aliphatic rings. The van der Waals surface area contributed by atoms with Gasteiger partial charge in [-0.3, -0.25) is 14.5 Å². The van der Waals surface area contributed by atoms with Crippen LogP contribution in [-0.2, 0) is 19.1 Å². The fraction of sp³-hybridized carbons (Fsp3) is 0.684. The molecule has 0 bridgehead atoms. The molecule has 0 amide bonds. The zero-order valence-corrected chi connectivity index (χ0v) is 14.4. The molecular formula is C19H25NO4. The quantitative estimate of drug-likeness (QED) is 0.721. The summed E-state index contributed by atoms with van der Waals surface area (Å²) in [6.07, 6.45) is 5.41. The van der Waals surface area contributed by atoms with Gasteiger partial charge in [0.25, 0.3) is 0 Å². The van der Waals surface area contributed by atoms with Gasteiger partial charge < -0.3 is 9.47 Å². The number of carbonyl (C=O) groups excluding carboxylic acids is 2. The van der Waals surface area contributed by atoms with Crippen molar-refractivity contribution >= 4 is 11.8 Å². The molecular weight excluding hydrogens is 306 g/mol. The minimum atomic E-state index is -0.226. The van der Waals surface area contributed by atoms with Gasteiger partial charge in [-0.25, -0.2) is 0 Å². The first-order chi connectivity index (χ1) is 11.5. The summed E-state index contributed by atoms with van der Waals surface area (Å²) in [5.74, 6) is 0.0653. The average Bonchev–Trinajstić information content (AvgIpc) is 2.88. The topological polar surface area (TPSA) is 55.8 Å². The first kappa shape index (κ1) is 16.0. The summed E-state index contributed by atoms with van der Waals surface area (Å²) >= 11 is 0. The Morgan fingerprint density at radius 2 is 2.04 bits per heavy atom. The number of esters is 1. The van der Waals surface area contributed by atoms with Crippen LogP contribution >= 0.6 is 0 Å². The molecule has 2 saturated heterocycles. The number of morpholine rings is 1. The van der Waals surface area contributed by atoms with E-state index in [1.54, 1.807) is 6.08 Å². The number of ether oxygens (including phenoxy) is 2. The van der Waals surface area contributed by atoms with Crippen molar-refractivity contribution in [1.29, 1.82) is 0 Å². The number of ketones is 1. The molecule has 24 heavy (non-hydrogen) atoms. The Bertz CT molecular complexity index is 631. The van der Waals surface area contributed by atoms with Crippen molar-refractivity contribution in [2.24, 2.45) is 17.3 Å². The van der Waals surface area contributed by atoms with E-state index in [1.165, 1.54) is 0 Å². The molecule has 1 saturated carbocycles. The molecule has 4 rings (SSSR count). The summed E-state index contributed by atoms with van der Waals surface area (Å²) in [6.45, 7) is 8.01. The molecule has 0 aromatic rings. The number of fused-ring (bicyclic) bond motifs is 3. The second kappa shape index (κ2) is 5.81. The lowest BCUT2D eigenvalue weighted by atomic mass is 9.61. The molecule has 0 aromatic carbocycles. The van der Waals surface area contributed by atoms with Gasteiger partial charge in [-0.2, -0.15) is 0 Å². The van der Waals surface area contributed by atoms with E-state index in [9.17, 15) is 9.59 Å². The van der Waals surface area contributed by atoms with E-state index in [0.717, 1.165) is 56.8 Å². The molecule has 4 atom stereocenters. The van der Waals surface area contributed by atoms with E-state index in [2.05, 4.69) is 11.8 Å². The number of rotatable bonds is 2. The van der Waals surface area contributed by atoms with Crippen LogP contribution < -0.4 is 0 Å². The molecule has 0 N–H and O–H groups in total. The Kier molecular flexibility index (Phi) is 3.88. The van der Waals surface area contributed by atoms with Gasteiger partial charge in [-0.15, -0.1) is 0 Å². The maximum Gasteiger partial charge on any atom is 0.311 e. The van der Waals surface area contributed by atoms with E-state index in [1.807, 2.05) is 13.0 Å². The van der Waals surface area contributed by atoms with E-state index in [-0.39, 0.29) is 35.1 Å². The second-order valence-corrected chi connectivity index (χ2v) is 7.73. The third-order valence-electron chi connectivity index (χ3n) is 6.28. The Morgan fingerprint density at radius 3 is 2.79 bits per heavy atom. The van der Waals surface area contributed by atoms with Crippen molar-refractivity contribution in [2.45, 2.75) is 32.8 Å². The van der Waals surface area contributed by atoms with Crippen molar-refractivity contribution in [1.82, 2.24) is 4.90 Å². The fourth-order valence-corrected chi connectivity index (χ4v) is 4.84. The highest BCUT2D eigenvalue weighted by atomic mass is 16.6. The standard InChI is InChI=1S/C19H25NO4/c1-12-15(21)4-6-19(2)5-3-13-14(11-20-7-9-23-10-8-20)18(22)24-17(13)16(12)19/h4,6,13-14,17H,3,5,7-11H2,1-2H3/t13-,14?,17-,19-/m0/s1. The van der Waals surface area contributed by atoms with Crippen LogP contribution in [0.2, 0.25) is 0 Å². The molecule has 5 nitrogen and oxygen atoms in total. The lowest BCUT2D eigenvalue weighted by Crippen LogP contribution is -2.44. The van der Waals surface area contributed by atoms with Gasteiger partial charge in [-0.05, 0) is 31.4 Å². The van der Waals surface area contributed by atoms with Gasteiger partial charge in [0.2, 0.25) is 0 Å². The van der Waals surface area contributed by atoms with Gasteiger partial charge in [-0.1, -0.05) is 13.0 Å². The Labute approximate surface area is 142 Å². The predicted octanol–water partition coefficient (Wildman–Crippen LogP) is 1.73. The van der Waals surface area contributed by atoms with Gasteiger partial charge in [0, 0.05) is 36.5 Å².